The van der Waals surface area contributed by atoms with Crippen LogP contribution in [0.3, 0.4) is 0 Å². The van der Waals surface area contributed by atoms with Crippen molar-refractivity contribution in [3.63, 3.8) is 0 Å². The normalized spacial score (nSPS) is 14.7. The first-order valence-corrected chi connectivity index (χ1v) is 8.31. The van der Waals surface area contributed by atoms with Crippen molar-refractivity contribution in [2.24, 2.45) is 5.92 Å². The molecule has 0 atom stereocenters. The summed E-state index contributed by atoms with van der Waals surface area (Å²) in [5.74, 6) is -0.540. The molecule has 1 fully saturated rings. The molecule has 0 spiro atoms. The summed E-state index contributed by atoms with van der Waals surface area (Å²) in [6.45, 7) is 0.946. The number of rotatable bonds is 4. The van der Waals surface area contributed by atoms with E-state index in [0.717, 1.165) is 0 Å². The zero-order chi connectivity index (χ0) is 18.5. The van der Waals surface area contributed by atoms with Gasteiger partial charge in [0.25, 0.3) is 5.91 Å². The van der Waals surface area contributed by atoms with Crippen LogP contribution >= 0.6 is 0 Å². The van der Waals surface area contributed by atoms with Crippen LogP contribution in [-0.4, -0.2) is 42.9 Å². The number of ether oxygens (including phenoxy) is 2. The largest absolute Gasteiger partial charge is 0.465 e. The standard InChI is InChI=1S/C19H19NO6/c1-24-18(22)13-4-6-15(7-5-13)26-19(23)14-8-10-20(11-9-14)17(21)16-3-2-12-25-16/h2-7,12,14H,8-11H2,1H3. The van der Waals surface area contributed by atoms with Crippen LogP contribution in [0.25, 0.3) is 0 Å². The molecule has 1 amide bonds. The number of piperidine rings is 1. The third kappa shape index (κ3) is 3.93. The Labute approximate surface area is 150 Å². The van der Waals surface area contributed by atoms with E-state index in [-0.39, 0.29) is 17.8 Å². The highest BCUT2D eigenvalue weighted by Gasteiger charge is 2.30. The molecule has 0 N–H and O–H groups in total. The van der Waals surface area contributed by atoms with Crippen molar-refractivity contribution in [2.75, 3.05) is 20.2 Å². The smallest absolute Gasteiger partial charge is 0.337 e. The predicted octanol–water partition coefficient (Wildman–Crippen LogP) is 2.52. The summed E-state index contributed by atoms with van der Waals surface area (Å²) in [7, 11) is 1.30. The summed E-state index contributed by atoms with van der Waals surface area (Å²) in [5.41, 5.74) is 0.386. The number of hydrogen-bond donors (Lipinski definition) is 0. The highest BCUT2D eigenvalue weighted by atomic mass is 16.5. The van der Waals surface area contributed by atoms with E-state index in [4.69, 9.17) is 9.15 Å². The van der Waals surface area contributed by atoms with Gasteiger partial charge < -0.3 is 18.8 Å². The van der Waals surface area contributed by atoms with Gasteiger partial charge in [-0.2, -0.15) is 0 Å². The lowest BCUT2D eigenvalue weighted by Gasteiger charge is -2.30. The van der Waals surface area contributed by atoms with Crippen molar-refractivity contribution in [3.05, 3.63) is 54.0 Å². The van der Waals surface area contributed by atoms with Gasteiger partial charge in [-0.3, -0.25) is 9.59 Å². The van der Waals surface area contributed by atoms with Gasteiger partial charge in [0.2, 0.25) is 0 Å². The molecule has 1 aliphatic heterocycles. The molecule has 7 nitrogen and oxygen atoms in total. The van der Waals surface area contributed by atoms with E-state index in [1.54, 1.807) is 41.3 Å². The van der Waals surface area contributed by atoms with Crippen molar-refractivity contribution in [1.82, 2.24) is 4.90 Å². The maximum absolute atomic E-state index is 12.3. The van der Waals surface area contributed by atoms with Gasteiger partial charge in [0.05, 0.1) is 24.9 Å². The molecule has 1 saturated heterocycles. The number of nitrogens with zero attached hydrogens (tertiary/aromatic N) is 1. The van der Waals surface area contributed by atoms with E-state index in [0.29, 0.717) is 43.0 Å². The quantitative estimate of drug-likeness (QED) is 0.617. The second-order valence-electron chi connectivity index (χ2n) is 5.98. The molecule has 0 bridgehead atoms. The lowest BCUT2D eigenvalue weighted by molar-refractivity contribution is -0.140. The van der Waals surface area contributed by atoms with E-state index in [1.807, 2.05) is 0 Å². The van der Waals surface area contributed by atoms with Crippen molar-refractivity contribution < 1.29 is 28.3 Å². The number of methoxy groups -OCH3 is 1. The first-order valence-electron chi connectivity index (χ1n) is 8.31. The van der Waals surface area contributed by atoms with Gasteiger partial charge in [-0.25, -0.2) is 4.79 Å². The van der Waals surface area contributed by atoms with Gasteiger partial charge in [-0.05, 0) is 49.2 Å². The fourth-order valence-electron chi connectivity index (χ4n) is 2.85. The molecule has 1 aromatic heterocycles. The summed E-state index contributed by atoms with van der Waals surface area (Å²) >= 11 is 0. The molecule has 0 radical (unpaired) electrons. The Balaban J connectivity index is 1.52. The Morgan fingerprint density at radius 2 is 1.77 bits per heavy atom. The van der Waals surface area contributed by atoms with E-state index in [2.05, 4.69) is 4.74 Å². The van der Waals surface area contributed by atoms with Gasteiger partial charge >= 0.3 is 11.9 Å². The van der Waals surface area contributed by atoms with Gasteiger partial charge in [0, 0.05) is 13.1 Å². The molecular formula is C19H19NO6. The van der Waals surface area contributed by atoms with E-state index < -0.39 is 5.97 Å². The van der Waals surface area contributed by atoms with Crippen LogP contribution < -0.4 is 4.74 Å². The highest BCUT2D eigenvalue weighted by molar-refractivity contribution is 5.91. The highest BCUT2D eigenvalue weighted by Crippen LogP contribution is 2.22. The molecule has 26 heavy (non-hydrogen) atoms. The Bertz CT molecular complexity index is 773. The minimum atomic E-state index is -0.448. The molecule has 7 heteroatoms. The molecule has 1 aliphatic rings. The van der Waals surface area contributed by atoms with Crippen molar-refractivity contribution in [3.8, 4) is 5.75 Å². The van der Waals surface area contributed by atoms with Gasteiger partial charge in [-0.15, -0.1) is 0 Å². The number of hydrogen-bond acceptors (Lipinski definition) is 6. The summed E-state index contributed by atoms with van der Waals surface area (Å²) in [5, 5.41) is 0. The summed E-state index contributed by atoms with van der Waals surface area (Å²) in [6.07, 6.45) is 2.53. The molecule has 1 aromatic carbocycles. The fraction of sp³-hybridized carbons (Fsp3) is 0.316. The van der Waals surface area contributed by atoms with E-state index in [1.165, 1.54) is 13.4 Å². The van der Waals surface area contributed by atoms with Crippen LogP contribution in [0.4, 0.5) is 0 Å². The first kappa shape index (κ1) is 17.7. The van der Waals surface area contributed by atoms with E-state index >= 15 is 0 Å². The Morgan fingerprint density at radius 1 is 1.08 bits per heavy atom. The molecule has 2 aromatic rings. The molecule has 3 rings (SSSR count). The maximum Gasteiger partial charge on any atom is 0.337 e. The number of amides is 1. The summed E-state index contributed by atoms with van der Waals surface area (Å²) in [4.78, 5) is 37.6. The molecular weight excluding hydrogens is 338 g/mol. The number of esters is 2. The molecule has 0 unspecified atom stereocenters. The van der Waals surface area contributed by atoms with E-state index in [9.17, 15) is 14.4 Å². The maximum atomic E-state index is 12.3. The molecule has 0 aliphatic carbocycles. The van der Waals surface area contributed by atoms with Crippen molar-refractivity contribution in [2.45, 2.75) is 12.8 Å². The number of furan rings is 1. The lowest BCUT2D eigenvalue weighted by Crippen LogP contribution is -2.41. The second-order valence-corrected chi connectivity index (χ2v) is 5.98. The van der Waals surface area contributed by atoms with Crippen molar-refractivity contribution in [1.29, 1.82) is 0 Å². The Morgan fingerprint density at radius 3 is 2.35 bits per heavy atom. The lowest BCUT2D eigenvalue weighted by atomic mass is 9.97. The van der Waals surface area contributed by atoms with Crippen LogP contribution in [0.2, 0.25) is 0 Å². The predicted molar refractivity (Wildman–Crippen MR) is 90.8 cm³/mol. The zero-order valence-corrected chi connectivity index (χ0v) is 14.3. The molecule has 136 valence electrons. The number of likely N-dealkylation sites (tertiary alicyclic amines) is 1. The third-order valence-electron chi connectivity index (χ3n) is 4.34. The number of carbonyl (C=O) groups is 3. The molecule has 2 heterocycles. The topological polar surface area (TPSA) is 86.0 Å². The molecule has 0 saturated carbocycles. The minimum absolute atomic E-state index is 0.166. The Kier molecular flexibility index (Phi) is 5.36. The van der Waals surface area contributed by atoms with Gasteiger partial charge in [0.1, 0.15) is 5.75 Å². The van der Waals surface area contributed by atoms with Crippen molar-refractivity contribution >= 4 is 17.8 Å². The average molecular weight is 357 g/mol. The van der Waals surface area contributed by atoms with Gasteiger partial charge in [0.15, 0.2) is 5.76 Å². The fourth-order valence-corrected chi connectivity index (χ4v) is 2.85. The number of carbonyl (C=O) groups excluding carboxylic acids is 3. The third-order valence-corrected chi connectivity index (χ3v) is 4.34. The average Bonchev–Trinajstić information content (AvgIpc) is 3.22. The van der Waals surface area contributed by atoms with Gasteiger partial charge in [-0.1, -0.05) is 0 Å². The van der Waals surface area contributed by atoms with Crippen LogP contribution in [0.1, 0.15) is 33.8 Å². The second kappa shape index (κ2) is 7.86. The number of benzene rings is 1. The first-order chi connectivity index (χ1) is 12.6. The van der Waals surface area contributed by atoms with Crippen LogP contribution in [0.15, 0.2) is 47.1 Å². The minimum Gasteiger partial charge on any atom is -0.465 e. The Hall–Kier alpha value is -3.09. The SMILES string of the molecule is COC(=O)c1ccc(OC(=O)C2CCN(C(=O)c3ccco3)CC2)cc1. The zero-order valence-electron chi connectivity index (χ0n) is 14.3. The van der Waals surface area contributed by atoms with Crippen LogP contribution in [0, 0.1) is 5.92 Å². The summed E-state index contributed by atoms with van der Waals surface area (Å²) < 4.78 is 15.1. The van der Waals surface area contributed by atoms with Crippen LogP contribution in [-0.2, 0) is 9.53 Å². The summed E-state index contributed by atoms with van der Waals surface area (Å²) in [6, 6.07) is 9.49. The monoisotopic (exact) mass is 357 g/mol. The van der Waals surface area contributed by atoms with Crippen LogP contribution in [0.5, 0.6) is 5.75 Å².